The molecule has 1 aromatic carbocycles. The van der Waals surface area contributed by atoms with Crippen LogP contribution in [-0.4, -0.2) is 49.2 Å². The fraction of sp³-hybridized carbons (Fsp3) is 0.538. The number of likely N-dealkylation sites (N-methyl/N-ethyl adjacent to an activating group) is 1. The van der Waals surface area contributed by atoms with E-state index in [2.05, 4.69) is 18.9 Å². The molecule has 1 saturated heterocycles. The van der Waals surface area contributed by atoms with Crippen molar-refractivity contribution in [2.45, 2.75) is 6.92 Å². The Morgan fingerprint density at radius 3 is 2.61 bits per heavy atom. The third-order valence-corrected chi connectivity index (χ3v) is 3.99. The number of nitro benzene ring substituents is 1. The van der Waals surface area contributed by atoms with E-state index in [4.69, 9.17) is 0 Å². The molecule has 1 fully saturated rings. The number of nitrogens with zero attached hydrogens (tertiary/aromatic N) is 3. The molecule has 5 nitrogen and oxygen atoms in total. The molecule has 0 bridgehead atoms. The van der Waals surface area contributed by atoms with E-state index >= 15 is 0 Å². The van der Waals surface area contributed by atoms with Crippen LogP contribution in [0, 0.1) is 10.1 Å². The number of hydrogen-bond donors (Lipinski definition) is 0. The number of quaternary nitrogens is 1. The van der Waals surface area contributed by atoms with Crippen LogP contribution in [-0.2, 0) is 0 Å². The third kappa shape index (κ3) is 2.61. The summed E-state index contributed by atoms with van der Waals surface area (Å²) in [6.45, 7) is 7.47. The Morgan fingerprint density at radius 1 is 1.39 bits per heavy atom. The van der Waals surface area contributed by atoms with Gasteiger partial charge in [-0.1, -0.05) is 6.07 Å². The van der Waals surface area contributed by atoms with Crippen LogP contribution in [0.25, 0.3) is 0 Å². The van der Waals surface area contributed by atoms with E-state index in [0.29, 0.717) is 0 Å². The molecule has 1 aliphatic rings. The standard InChI is InChI=1S/C13H20N3O2/c1-3-16(2)9-7-14(8-10-16)12-5-4-6-13(11-12)15(17)18/h4-6,11H,3,7-10H2,1-2H3/q+1. The number of benzene rings is 1. The Morgan fingerprint density at radius 2 is 2.06 bits per heavy atom. The lowest BCUT2D eigenvalue weighted by Gasteiger charge is -2.42. The van der Waals surface area contributed by atoms with Crippen molar-refractivity contribution >= 4 is 11.4 Å². The van der Waals surface area contributed by atoms with Gasteiger partial charge in [0.05, 0.1) is 44.7 Å². The minimum Gasteiger partial charge on any atom is -0.360 e. The summed E-state index contributed by atoms with van der Waals surface area (Å²) in [5.41, 5.74) is 1.14. The fourth-order valence-electron chi connectivity index (χ4n) is 2.33. The summed E-state index contributed by atoms with van der Waals surface area (Å²) in [7, 11) is 2.27. The van der Waals surface area contributed by atoms with Crippen molar-refractivity contribution in [3.05, 3.63) is 34.4 Å². The van der Waals surface area contributed by atoms with Gasteiger partial charge in [0.2, 0.25) is 0 Å². The predicted molar refractivity (Wildman–Crippen MR) is 71.8 cm³/mol. The molecular formula is C13H20N3O2+. The molecule has 0 atom stereocenters. The maximum absolute atomic E-state index is 10.8. The number of hydrogen-bond acceptors (Lipinski definition) is 3. The second-order valence-corrected chi connectivity index (χ2v) is 5.15. The second-order valence-electron chi connectivity index (χ2n) is 5.15. The van der Waals surface area contributed by atoms with Gasteiger partial charge >= 0.3 is 0 Å². The predicted octanol–water partition coefficient (Wildman–Crippen LogP) is 1.88. The molecule has 0 amide bonds. The topological polar surface area (TPSA) is 46.4 Å². The van der Waals surface area contributed by atoms with E-state index in [1.807, 2.05) is 6.07 Å². The molecule has 2 rings (SSSR count). The van der Waals surface area contributed by atoms with Crippen LogP contribution in [0.4, 0.5) is 11.4 Å². The normalized spacial score (nSPS) is 18.7. The van der Waals surface area contributed by atoms with Crippen LogP contribution in [0.2, 0.25) is 0 Å². The zero-order valence-electron chi connectivity index (χ0n) is 11.0. The van der Waals surface area contributed by atoms with Gasteiger partial charge in [-0.15, -0.1) is 0 Å². The summed E-state index contributed by atoms with van der Waals surface area (Å²) < 4.78 is 1.09. The van der Waals surface area contributed by atoms with Crippen LogP contribution in [0.1, 0.15) is 6.92 Å². The minimum absolute atomic E-state index is 0.172. The molecule has 1 aromatic rings. The summed E-state index contributed by atoms with van der Waals surface area (Å²) in [6.07, 6.45) is 0. The lowest BCUT2D eigenvalue weighted by atomic mass is 10.2. The van der Waals surface area contributed by atoms with Gasteiger partial charge in [-0.25, -0.2) is 0 Å². The van der Waals surface area contributed by atoms with Crippen LogP contribution in [0.15, 0.2) is 24.3 Å². The molecule has 1 heterocycles. The number of nitro groups is 1. The number of anilines is 1. The van der Waals surface area contributed by atoms with E-state index in [0.717, 1.165) is 42.9 Å². The van der Waals surface area contributed by atoms with E-state index in [9.17, 15) is 10.1 Å². The maximum atomic E-state index is 10.8. The Labute approximate surface area is 107 Å². The lowest BCUT2D eigenvalue weighted by molar-refractivity contribution is -0.908. The second kappa shape index (κ2) is 4.94. The monoisotopic (exact) mass is 250 g/mol. The molecule has 0 saturated carbocycles. The Bertz CT molecular complexity index is 440. The van der Waals surface area contributed by atoms with Gasteiger partial charge in [0.1, 0.15) is 0 Å². The zero-order valence-corrected chi connectivity index (χ0v) is 11.0. The molecule has 0 aliphatic carbocycles. The largest absolute Gasteiger partial charge is 0.360 e. The van der Waals surface area contributed by atoms with Gasteiger partial charge < -0.3 is 9.38 Å². The first-order chi connectivity index (χ1) is 8.54. The Hall–Kier alpha value is -1.62. The molecule has 0 aromatic heterocycles. The maximum Gasteiger partial charge on any atom is 0.271 e. The highest BCUT2D eigenvalue weighted by Crippen LogP contribution is 2.23. The molecule has 18 heavy (non-hydrogen) atoms. The van der Waals surface area contributed by atoms with Crippen molar-refractivity contribution in [1.82, 2.24) is 0 Å². The first-order valence-electron chi connectivity index (χ1n) is 6.37. The average molecular weight is 250 g/mol. The van der Waals surface area contributed by atoms with Crippen molar-refractivity contribution in [2.24, 2.45) is 0 Å². The molecule has 0 N–H and O–H groups in total. The van der Waals surface area contributed by atoms with Gasteiger partial charge in [0.25, 0.3) is 5.69 Å². The van der Waals surface area contributed by atoms with Crippen LogP contribution < -0.4 is 4.90 Å². The van der Waals surface area contributed by atoms with Crippen LogP contribution in [0.5, 0.6) is 0 Å². The van der Waals surface area contributed by atoms with Gasteiger partial charge in [-0.2, -0.15) is 0 Å². The highest BCUT2D eigenvalue weighted by molar-refractivity contribution is 5.53. The van der Waals surface area contributed by atoms with E-state index < -0.39 is 0 Å². The van der Waals surface area contributed by atoms with Crippen molar-refractivity contribution in [2.75, 3.05) is 44.7 Å². The summed E-state index contributed by atoms with van der Waals surface area (Å²) in [4.78, 5) is 12.7. The highest BCUT2D eigenvalue weighted by Gasteiger charge is 2.27. The first-order valence-corrected chi connectivity index (χ1v) is 6.37. The van der Waals surface area contributed by atoms with E-state index in [1.54, 1.807) is 18.2 Å². The van der Waals surface area contributed by atoms with E-state index in [1.165, 1.54) is 0 Å². The van der Waals surface area contributed by atoms with Crippen LogP contribution >= 0.6 is 0 Å². The number of rotatable bonds is 3. The van der Waals surface area contributed by atoms with Crippen molar-refractivity contribution < 1.29 is 9.41 Å². The summed E-state index contributed by atoms with van der Waals surface area (Å²) in [6, 6.07) is 6.92. The Kier molecular flexibility index (Phi) is 3.52. The fourth-order valence-corrected chi connectivity index (χ4v) is 2.33. The van der Waals surface area contributed by atoms with Crippen molar-refractivity contribution in [1.29, 1.82) is 0 Å². The molecule has 1 aliphatic heterocycles. The summed E-state index contributed by atoms with van der Waals surface area (Å²) in [5.74, 6) is 0. The van der Waals surface area contributed by atoms with Gasteiger partial charge in [0.15, 0.2) is 0 Å². The molecule has 98 valence electrons. The minimum atomic E-state index is -0.334. The number of non-ortho nitro benzene ring substituents is 1. The van der Waals surface area contributed by atoms with Crippen molar-refractivity contribution in [3.8, 4) is 0 Å². The van der Waals surface area contributed by atoms with Gasteiger partial charge in [-0.3, -0.25) is 10.1 Å². The van der Waals surface area contributed by atoms with E-state index in [-0.39, 0.29) is 10.6 Å². The molecule has 0 radical (unpaired) electrons. The molecule has 0 spiro atoms. The first kappa shape index (κ1) is 12.8. The third-order valence-electron chi connectivity index (χ3n) is 3.99. The number of piperazine rings is 1. The lowest BCUT2D eigenvalue weighted by Crippen LogP contribution is -2.57. The van der Waals surface area contributed by atoms with Crippen molar-refractivity contribution in [3.63, 3.8) is 0 Å². The quantitative estimate of drug-likeness (QED) is 0.467. The van der Waals surface area contributed by atoms with Crippen LogP contribution in [0.3, 0.4) is 0 Å². The van der Waals surface area contributed by atoms with Gasteiger partial charge in [0, 0.05) is 17.8 Å². The smallest absolute Gasteiger partial charge is 0.271 e. The molecule has 5 heteroatoms. The summed E-state index contributed by atoms with van der Waals surface area (Å²) >= 11 is 0. The van der Waals surface area contributed by atoms with Gasteiger partial charge in [-0.05, 0) is 13.0 Å². The summed E-state index contributed by atoms with van der Waals surface area (Å²) in [5, 5.41) is 10.8. The molecular weight excluding hydrogens is 230 g/mol. The Balaban J connectivity index is 2.10. The highest BCUT2D eigenvalue weighted by atomic mass is 16.6. The molecule has 0 unspecified atom stereocenters. The average Bonchev–Trinajstić information content (AvgIpc) is 2.40. The zero-order chi connectivity index (χ0) is 13.2. The SMILES string of the molecule is CC[N+]1(C)CCN(c2cccc([N+](=O)[O-])c2)CC1.